The minimum atomic E-state index is -0.831. The first-order chi connectivity index (χ1) is 10.9. The Kier molecular flexibility index (Phi) is 5.57. The second-order valence-corrected chi connectivity index (χ2v) is 6.23. The van der Waals surface area contributed by atoms with Gasteiger partial charge in [0.15, 0.2) is 0 Å². The maximum Gasteiger partial charge on any atom is 0.244 e. The van der Waals surface area contributed by atoms with Crippen molar-refractivity contribution >= 4 is 17.5 Å². The first kappa shape index (κ1) is 17.2. The number of carbonyl (C=O) groups excluding carboxylic acids is 2. The summed E-state index contributed by atoms with van der Waals surface area (Å²) >= 11 is 0. The predicted octanol–water partition coefficient (Wildman–Crippen LogP) is 0.956. The van der Waals surface area contributed by atoms with Crippen LogP contribution in [0.4, 0.5) is 5.69 Å². The van der Waals surface area contributed by atoms with E-state index in [0.29, 0.717) is 12.8 Å². The van der Waals surface area contributed by atoms with E-state index in [1.165, 1.54) is 5.01 Å². The van der Waals surface area contributed by atoms with Crippen LogP contribution in [0.3, 0.4) is 0 Å². The van der Waals surface area contributed by atoms with Crippen LogP contribution in [0, 0.1) is 11.8 Å². The van der Waals surface area contributed by atoms with Crippen molar-refractivity contribution in [2.45, 2.75) is 39.3 Å². The number of fused-ring (bicyclic) bond motifs is 1. The van der Waals surface area contributed by atoms with Gasteiger partial charge in [0, 0.05) is 18.8 Å². The molecule has 0 fully saturated rings. The Hall–Kier alpha value is -2.12. The molecule has 0 radical (unpaired) electrons. The normalized spacial score (nSPS) is 17.8. The van der Waals surface area contributed by atoms with E-state index in [4.69, 9.17) is 5.21 Å². The van der Waals surface area contributed by atoms with Crippen LogP contribution in [-0.2, 0) is 16.0 Å². The van der Waals surface area contributed by atoms with Gasteiger partial charge in [-0.15, -0.1) is 0 Å². The number of aliphatic hydroxyl groups excluding tert-OH is 1. The third-order valence-electron chi connectivity index (χ3n) is 3.87. The van der Waals surface area contributed by atoms with Gasteiger partial charge >= 0.3 is 0 Å². The lowest BCUT2D eigenvalue weighted by atomic mass is 9.93. The average Bonchev–Trinajstić information content (AvgIpc) is 2.82. The van der Waals surface area contributed by atoms with Crippen LogP contribution < -0.4 is 15.9 Å². The van der Waals surface area contributed by atoms with Gasteiger partial charge in [0.05, 0.1) is 5.69 Å². The fourth-order valence-electron chi connectivity index (χ4n) is 2.83. The number of aliphatic hydroxyl groups is 1. The van der Waals surface area contributed by atoms with Crippen molar-refractivity contribution < 1.29 is 19.9 Å². The minimum Gasteiger partial charge on any atom is -0.371 e. The first-order valence-corrected chi connectivity index (χ1v) is 7.71. The maximum atomic E-state index is 12.5. The Morgan fingerprint density at radius 2 is 2.04 bits per heavy atom. The lowest BCUT2D eigenvalue weighted by Gasteiger charge is -2.27. The molecule has 1 aliphatic heterocycles. The molecule has 0 aromatic heterocycles. The third kappa shape index (κ3) is 4.20. The largest absolute Gasteiger partial charge is 0.371 e. The lowest BCUT2D eigenvalue weighted by Crippen LogP contribution is -2.49. The van der Waals surface area contributed by atoms with Crippen LogP contribution in [-0.4, -0.2) is 28.4 Å². The maximum absolute atomic E-state index is 12.5. The molecule has 2 amide bonds. The molecular formula is C16H23N3O4. The number of nitrogens with one attached hydrogen (secondary N) is 2. The molecule has 2 rings (SSSR count). The average molecular weight is 321 g/mol. The van der Waals surface area contributed by atoms with Crippen LogP contribution in [0.15, 0.2) is 24.3 Å². The van der Waals surface area contributed by atoms with E-state index in [-0.39, 0.29) is 18.2 Å². The van der Waals surface area contributed by atoms with Gasteiger partial charge in [-0.3, -0.25) is 25.2 Å². The van der Waals surface area contributed by atoms with Crippen LogP contribution >= 0.6 is 0 Å². The molecule has 2 atom stereocenters. The summed E-state index contributed by atoms with van der Waals surface area (Å²) in [6.07, 6.45) is 0.00188. The third-order valence-corrected chi connectivity index (χ3v) is 3.87. The van der Waals surface area contributed by atoms with E-state index < -0.39 is 18.1 Å². The summed E-state index contributed by atoms with van der Waals surface area (Å²) in [6.45, 7) is 3.91. The minimum absolute atomic E-state index is 0.105. The van der Waals surface area contributed by atoms with Crippen molar-refractivity contribution in [3.8, 4) is 0 Å². The Bertz CT molecular complexity index is 576. The second kappa shape index (κ2) is 7.43. The van der Waals surface area contributed by atoms with Gasteiger partial charge in [-0.05, 0) is 24.0 Å². The Balaban J connectivity index is 2.10. The van der Waals surface area contributed by atoms with Crippen LogP contribution in [0.5, 0.6) is 0 Å². The van der Waals surface area contributed by atoms with Crippen LogP contribution in [0.2, 0.25) is 0 Å². The standard InChI is InChI=1S/C16H23N3O4/c1-10(2)7-12(8-14(20)18-23)16(22)17-19-13-6-4-3-5-11(13)9-15(19)21/h3-6,10,12,15,21,23H,7-9H2,1-2H3,(H,17,22)(H,18,20)/t12-,15+/m1/s1. The molecule has 1 aromatic rings. The highest BCUT2D eigenvalue weighted by Crippen LogP contribution is 2.29. The Morgan fingerprint density at radius 3 is 2.70 bits per heavy atom. The summed E-state index contributed by atoms with van der Waals surface area (Å²) in [7, 11) is 0. The molecular weight excluding hydrogens is 298 g/mol. The molecule has 0 aliphatic carbocycles. The summed E-state index contributed by atoms with van der Waals surface area (Å²) in [5.74, 6) is -1.32. The number of benzene rings is 1. The molecule has 4 N–H and O–H groups in total. The van der Waals surface area contributed by atoms with Crippen molar-refractivity contribution in [1.29, 1.82) is 0 Å². The number of nitrogens with zero attached hydrogens (tertiary/aromatic N) is 1. The van der Waals surface area contributed by atoms with E-state index in [2.05, 4.69) is 5.43 Å². The monoisotopic (exact) mass is 321 g/mol. The zero-order valence-corrected chi connectivity index (χ0v) is 13.3. The van der Waals surface area contributed by atoms with Crippen LogP contribution in [0.25, 0.3) is 0 Å². The highest BCUT2D eigenvalue weighted by molar-refractivity contribution is 5.86. The quantitative estimate of drug-likeness (QED) is 0.462. The number of amides is 2. The number of para-hydroxylation sites is 1. The zero-order valence-electron chi connectivity index (χ0n) is 13.3. The molecule has 126 valence electrons. The summed E-state index contributed by atoms with van der Waals surface area (Å²) < 4.78 is 0. The van der Waals surface area contributed by atoms with Crippen molar-refractivity contribution in [1.82, 2.24) is 10.9 Å². The lowest BCUT2D eigenvalue weighted by molar-refractivity contribution is -0.135. The molecule has 1 aliphatic rings. The van der Waals surface area contributed by atoms with Gasteiger partial charge < -0.3 is 5.11 Å². The molecule has 0 saturated carbocycles. The van der Waals surface area contributed by atoms with Crippen molar-refractivity contribution in [3.05, 3.63) is 29.8 Å². The Labute approximate surface area is 135 Å². The number of carbonyl (C=O) groups is 2. The van der Waals surface area contributed by atoms with E-state index in [1.807, 2.05) is 38.1 Å². The summed E-state index contributed by atoms with van der Waals surface area (Å²) in [6, 6.07) is 7.43. The fourth-order valence-corrected chi connectivity index (χ4v) is 2.83. The van der Waals surface area contributed by atoms with Crippen molar-refractivity contribution in [2.75, 3.05) is 5.01 Å². The van der Waals surface area contributed by atoms with E-state index in [9.17, 15) is 14.7 Å². The molecule has 7 nitrogen and oxygen atoms in total. The molecule has 0 spiro atoms. The molecule has 0 bridgehead atoms. The number of hydroxylamine groups is 1. The van der Waals surface area contributed by atoms with E-state index >= 15 is 0 Å². The van der Waals surface area contributed by atoms with Crippen molar-refractivity contribution in [3.63, 3.8) is 0 Å². The second-order valence-electron chi connectivity index (χ2n) is 6.23. The molecule has 23 heavy (non-hydrogen) atoms. The molecule has 7 heteroatoms. The molecule has 0 unspecified atom stereocenters. The van der Waals surface area contributed by atoms with Gasteiger partial charge in [-0.25, -0.2) is 5.48 Å². The topological polar surface area (TPSA) is 102 Å². The fraction of sp³-hybridized carbons (Fsp3) is 0.500. The Morgan fingerprint density at radius 1 is 1.35 bits per heavy atom. The number of hydrogen-bond donors (Lipinski definition) is 4. The highest BCUT2D eigenvalue weighted by atomic mass is 16.5. The number of rotatable bonds is 6. The summed E-state index contributed by atoms with van der Waals surface area (Å²) in [4.78, 5) is 23.9. The van der Waals surface area contributed by atoms with E-state index in [0.717, 1.165) is 11.3 Å². The summed E-state index contributed by atoms with van der Waals surface area (Å²) in [5, 5.41) is 20.2. The van der Waals surface area contributed by atoms with E-state index in [1.54, 1.807) is 5.48 Å². The van der Waals surface area contributed by atoms with Crippen molar-refractivity contribution in [2.24, 2.45) is 11.8 Å². The molecule has 1 aromatic carbocycles. The first-order valence-electron chi connectivity index (χ1n) is 7.71. The number of hydrogen-bond acceptors (Lipinski definition) is 5. The smallest absolute Gasteiger partial charge is 0.244 e. The summed E-state index contributed by atoms with van der Waals surface area (Å²) in [5.41, 5.74) is 5.97. The SMILES string of the molecule is CC(C)C[C@H](CC(=O)NO)C(=O)NN1c2ccccc2C[C@@H]1O. The van der Waals surface area contributed by atoms with Crippen LogP contribution in [0.1, 0.15) is 32.3 Å². The zero-order chi connectivity index (χ0) is 17.0. The van der Waals surface area contributed by atoms with Gasteiger partial charge in [0.1, 0.15) is 6.23 Å². The van der Waals surface area contributed by atoms with Gasteiger partial charge in [0.25, 0.3) is 0 Å². The molecule has 1 heterocycles. The number of hydrazine groups is 1. The molecule has 0 saturated heterocycles. The van der Waals surface area contributed by atoms with Gasteiger partial charge in [-0.1, -0.05) is 32.0 Å². The van der Waals surface area contributed by atoms with Gasteiger partial charge in [0.2, 0.25) is 11.8 Å². The predicted molar refractivity (Wildman–Crippen MR) is 84.3 cm³/mol. The number of anilines is 1. The van der Waals surface area contributed by atoms with Gasteiger partial charge in [-0.2, -0.15) is 0 Å². The highest BCUT2D eigenvalue weighted by Gasteiger charge is 2.31.